The van der Waals surface area contributed by atoms with Gasteiger partial charge in [0.25, 0.3) is 0 Å². The van der Waals surface area contributed by atoms with Crippen LogP contribution in [0.5, 0.6) is 0 Å². The second-order valence-corrected chi connectivity index (χ2v) is 3.73. The Labute approximate surface area is 82.7 Å². The summed E-state index contributed by atoms with van der Waals surface area (Å²) in [5.74, 6) is -1.70. The zero-order chi connectivity index (χ0) is 11.4. The molecule has 0 fully saturated rings. The molecular weight excluding hydrogens is 186 g/mol. The summed E-state index contributed by atoms with van der Waals surface area (Å²) in [6.45, 7) is 8.17. The van der Waals surface area contributed by atoms with Crippen molar-refractivity contribution in [1.29, 1.82) is 0 Å². The van der Waals surface area contributed by atoms with Crippen LogP contribution in [0.1, 0.15) is 20.8 Å². The van der Waals surface area contributed by atoms with Gasteiger partial charge in [0.2, 0.25) is 0 Å². The lowest BCUT2D eigenvalue weighted by molar-refractivity contribution is -0.150. The van der Waals surface area contributed by atoms with Gasteiger partial charge in [0.1, 0.15) is 17.8 Å². The number of carbonyl (C=O) groups is 2. The van der Waals surface area contributed by atoms with E-state index >= 15 is 0 Å². The quantitative estimate of drug-likeness (QED) is 0.512. The molecule has 0 unspecified atom stereocenters. The second kappa shape index (κ2) is 4.64. The highest BCUT2D eigenvalue weighted by Crippen LogP contribution is 2.08. The molecular formula is C9H15NO4. The van der Waals surface area contributed by atoms with Crippen LogP contribution in [0.3, 0.4) is 0 Å². The molecule has 0 bridgehead atoms. The number of hydrogen-bond donors (Lipinski definition) is 2. The smallest absolute Gasteiger partial charge is 0.354 e. The van der Waals surface area contributed by atoms with Gasteiger partial charge in [-0.05, 0) is 20.8 Å². The second-order valence-electron chi connectivity index (χ2n) is 3.73. The third kappa shape index (κ3) is 6.05. The first-order chi connectivity index (χ1) is 6.22. The van der Waals surface area contributed by atoms with Crippen LogP contribution < -0.4 is 5.32 Å². The monoisotopic (exact) mass is 201 g/mol. The first-order valence-electron chi connectivity index (χ1n) is 4.10. The summed E-state index contributed by atoms with van der Waals surface area (Å²) < 4.78 is 4.94. The summed E-state index contributed by atoms with van der Waals surface area (Å²) in [6.07, 6.45) is 0. The summed E-state index contributed by atoms with van der Waals surface area (Å²) >= 11 is 0. The molecule has 0 aromatic rings. The van der Waals surface area contributed by atoms with Crippen molar-refractivity contribution in [1.82, 2.24) is 5.32 Å². The molecule has 0 aliphatic rings. The third-order valence-corrected chi connectivity index (χ3v) is 1.10. The Bertz CT molecular complexity index is 252. The maximum absolute atomic E-state index is 11.2. The highest BCUT2D eigenvalue weighted by molar-refractivity contribution is 5.88. The summed E-state index contributed by atoms with van der Waals surface area (Å²) in [5.41, 5.74) is -0.660. The minimum atomic E-state index is -1.06. The summed E-state index contributed by atoms with van der Waals surface area (Å²) in [7, 11) is 0. The number of carboxylic acids is 1. The molecule has 0 saturated heterocycles. The molecule has 2 N–H and O–H groups in total. The number of hydrogen-bond acceptors (Lipinski definition) is 4. The van der Waals surface area contributed by atoms with E-state index in [-0.39, 0.29) is 12.2 Å². The topological polar surface area (TPSA) is 75.6 Å². The van der Waals surface area contributed by atoms with Crippen LogP contribution in [-0.4, -0.2) is 29.2 Å². The molecule has 80 valence electrons. The fraction of sp³-hybridized carbons (Fsp3) is 0.556. The average Bonchev–Trinajstić information content (AvgIpc) is 1.96. The van der Waals surface area contributed by atoms with E-state index < -0.39 is 17.5 Å². The van der Waals surface area contributed by atoms with Crippen LogP contribution in [-0.2, 0) is 14.3 Å². The molecule has 0 aliphatic heterocycles. The predicted octanol–water partition coefficient (Wildman–Crippen LogP) is 0.516. The predicted molar refractivity (Wildman–Crippen MR) is 50.6 cm³/mol. The maximum Gasteiger partial charge on any atom is 0.354 e. The van der Waals surface area contributed by atoms with E-state index in [9.17, 15) is 9.59 Å². The first-order valence-corrected chi connectivity index (χ1v) is 4.10. The zero-order valence-corrected chi connectivity index (χ0v) is 8.59. The van der Waals surface area contributed by atoms with E-state index in [1.165, 1.54) is 0 Å². The lowest BCUT2D eigenvalue weighted by atomic mass is 10.2. The summed E-state index contributed by atoms with van der Waals surface area (Å²) in [5, 5.41) is 10.7. The number of aliphatic carboxylic acids is 1. The van der Waals surface area contributed by atoms with Gasteiger partial charge in [-0.3, -0.25) is 4.79 Å². The molecule has 14 heavy (non-hydrogen) atoms. The molecule has 0 spiro atoms. The van der Waals surface area contributed by atoms with Crippen LogP contribution >= 0.6 is 0 Å². The van der Waals surface area contributed by atoms with Crippen molar-refractivity contribution in [2.75, 3.05) is 6.54 Å². The standard InChI is InChI=1S/C9H15NO4/c1-6(10-5-7(11)12)8(13)14-9(2,3)4/h10H,1,5H2,2-4H3,(H,11,12). The van der Waals surface area contributed by atoms with E-state index in [2.05, 4.69) is 11.9 Å². The zero-order valence-electron chi connectivity index (χ0n) is 8.59. The van der Waals surface area contributed by atoms with Crippen molar-refractivity contribution in [3.05, 3.63) is 12.3 Å². The van der Waals surface area contributed by atoms with Crippen molar-refractivity contribution in [2.45, 2.75) is 26.4 Å². The number of nitrogens with one attached hydrogen (secondary N) is 1. The Balaban J connectivity index is 4.01. The number of rotatable bonds is 4. The minimum absolute atomic E-state index is 0.0534. The van der Waals surface area contributed by atoms with Crippen molar-refractivity contribution in [3.63, 3.8) is 0 Å². The average molecular weight is 201 g/mol. The van der Waals surface area contributed by atoms with Crippen molar-refractivity contribution < 1.29 is 19.4 Å². The molecule has 5 heteroatoms. The normalized spacial score (nSPS) is 10.5. The first kappa shape index (κ1) is 12.5. The van der Waals surface area contributed by atoms with Gasteiger partial charge in [0, 0.05) is 0 Å². The summed E-state index contributed by atoms with van der Waals surface area (Å²) in [6, 6.07) is 0. The van der Waals surface area contributed by atoms with Crippen LogP contribution in [0, 0.1) is 0 Å². The fourth-order valence-electron chi connectivity index (χ4n) is 0.594. The Morgan fingerprint density at radius 1 is 1.43 bits per heavy atom. The van der Waals surface area contributed by atoms with E-state index in [0.717, 1.165) is 0 Å². The van der Waals surface area contributed by atoms with Gasteiger partial charge >= 0.3 is 11.9 Å². The minimum Gasteiger partial charge on any atom is -0.480 e. The number of carbonyl (C=O) groups excluding carboxylic acids is 1. The Morgan fingerprint density at radius 3 is 2.29 bits per heavy atom. The SMILES string of the molecule is C=C(NCC(=O)O)C(=O)OC(C)(C)C. The van der Waals surface area contributed by atoms with E-state index in [1.54, 1.807) is 20.8 Å². The van der Waals surface area contributed by atoms with Gasteiger partial charge in [-0.15, -0.1) is 0 Å². The largest absolute Gasteiger partial charge is 0.480 e. The molecule has 0 aliphatic carbocycles. The molecule has 0 saturated carbocycles. The summed E-state index contributed by atoms with van der Waals surface area (Å²) in [4.78, 5) is 21.3. The van der Waals surface area contributed by atoms with Crippen molar-refractivity contribution in [3.8, 4) is 0 Å². The highest BCUT2D eigenvalue weighted by atomic mass is 16.6. The van der Waals surface area contributed by atoms with Crippen molar-refractivity contribution >= 4 is 11.9 Å². The van der Waals surface area contributed by atoms with E-state index in [1.807, 2.05) is 0 Å². The Hall–Kier alpha value is -1.52. The fourth-order valence-corrected chi connectivity index (χ4v) is 0.594. The lowest BCUT2D eigenvalue weighted by Gasteiger charge is -2.20. The van der Waals surface area contributed by atoms with Crippen LogP contribution in [0.25, 0.3) is 0 Å². The number of ether oxygens (including phenoxy) is 1. The molecule has 0 aromatic carbocycles. The van der Waals surface area contributed by atoms with Gasteiger partial charge in [0.05, 0.1) is 0 Å². The maximum atomic E-state index is 11.2. The Morgan fingerprint density at radius 2 is 1.93 bits per heavy atom. The van der Waals surface area contributed by atoms with Gasteiger partial charge < -0.3 is 15.2 Å². The van der Waals surface area contributed by atoms with Crippen LogP contribution in [0.4, 0.5) is 0 Å². The van der Waals surface area contributed by atoms with Crippen LogP contribution in [0.15, 0.2) is 12.3 Å². The highest BCUT2D eigenvalue weighted by Gasteiger charge is 2.18. The van der Waals surface area contributed by atoms with Crippen molar-refractivity contribution in [2.24, 2.45) is 0 Å². The molecule has 0 atom stereocenters. The lowest BCUT2D eigenvalue weighted by Crippen LogP contribution is -2.31. The molecule has 0 aromatic heterocycles. The molecule has 0 radical (unpaired) electrons. The van der Waals surface area contributed by atoms with E-state index in [4.69, 9.17) is 9.84 Å². The molecule has 0 rings (SSSR count). The Kier molecular flexibility index (Phi) is 4.14. The third-order valence-electron chi connectivity index (χ3n) is 1.10. The van der Waals surface area contributed by atoms with Gasteiger partial charge in [-0.1, -0.05) is 6.58 Å². The van der Waals surface area contributed by atoms with Gasteiger partial charge in [0.15, 0.2) is 0 Å². The van der Waals surface area contributed by atoms with Gasteiger partial charge in [-0.2, -0.15) is 0 Å². The van der Waals surface area contributed by atoms with E-state index in [0.29, 0.717) is 0 Å². The van der Waals surface area contributed by atoms with Gasteiger partial charge in [-0.25, -0.2) is 4.79 Å². The molecule has 0 heterocycles. The van der Waals surface area contributed by atoms with Crippen LogP contribution in [0.2, 0.25) is 0 Å². The molecule has 5 nitrogen and oxygen atoms in total. The molecule has 0 amide bonds. The number of carboxylic acid groups (broad SMARTS) is 1. The number of esters is 1.